The number of rotatable bonds is 7. The zero-order valence-electron chi connectivity index (χ0n) is 21.9. The summed E-state index contributed by atoms with van der Waals surface area (Å²) in [6.07, 6.45) is 5.79. The Hall–Kier alpha value is -3.20. The zero-order valence-corrected chi connectivity index (χ0v) is 22.7. The van der Waals surface area contributed by atoms with E-state index in [4.69, 9.17) is 16.6 Å². The van der Waals surface area contributed by atoms with Crippen molar-refractivity contribution in [3.8, 4) is 11.4 Å². The summed E-state index contributed by atoms with van der Waals surface area (Å²) in [5.41, 5.74) is 5.86. The van der Waals surface area contributed by atoms with Crippen LogP contribution in [0.4, 0.5) is 11.4 Å². The van der Waals surface area contributed by atoms with E-state index in [0.29, 0.717) is 11.1 Å². The SMILES string of the molecule is CCN1CCC(Nc2c(Cl)cnc3[nH]c(-c4ccc(N5CCN(Cc6ccccn6)CC5)cc4)nc23)CC1. The maximum absolute atomic E-state index is 6.59. The van der Waals surface area contributed by atoms with Crippen molar-refractivity contribution in [1.82, 2.24) is 29.7 Å². The Morgan fingerprint density at radius 1 is 0.947 bits per heavy atom. The fourth-order valence-corrected chi connectivity index (χ4v) is 5.71. The van der Waals surface area contributed by atoms with E-state index in [1.807, 2.05) is 12.3 Å². The van der Waals surface area contributed by atoms with Crippen molar-refractivity contribution in [1.29, 1.82) is 0 Å². The molecule has 9 heteroatoms. The molecule has 2 saturated heterocycles. The molecule has 8 nitrogen and oxygen atoms in total. The van der Waals surface area contributed by atoms with Gasteiger partial charge < -0.3 is 20.1 Å². The number of piperazine rings is 1. The zero-order chi connectivity index (χ0) is 25.9. The lowest BCUT2D eigenvalue weighted by molar-refractivity contribution is 0.229. The van der Waals surface area contributed by atoms with Crippen molar-refractivity contribution in [2.24, 2.45) is 0 Å². The summed E-state index contributed by atoms with van der Waals surface area (Å²) in [7, 11) is 0. The first kappa shape index (κ1) is 25.1. The molecule has 3 aromatic heterocycles. The molecule has 1 aromatic carbocycles. The van der Waals surface area contributed by atoms with Crippen molar-refractivity contribution < 1.29 is 0 Å². The van der Waals surface area contributed by atoms with Gasteiger partial charge in [0.2, 0.25) is 0 Å². The Morgan fingerprint density at radius 2 is 1.74 bits per heavy atom. The third-order valence-electron chi connectivity index (χ3n) is 7.84. The van der Waals surface area contributed by atoms with Crippen LogP contribution in [0.25, 0.3) is 22.6 Å². The van der Waals surface area contributed by atoms with Crippen molar-refractivity contribution in [2.45, 2.75) is 32.4 Å². The number of likely N-dealkylation sites (tertiary alicyclic amines) is 1. The van der Waals surface area contributed by atoms with Crippen LogP contribution in [-0.4, -0.2) is 81.6 Å². The quantitative estimate of drug-likeness (QED) is 0.352. The Morgan fingerprint density at radius 3 is 2.45 bits per heavy atom. The topological polar surface area (TPSA) is 76.2 Å². The number of H-pyrrole nitrogens is 1. The third kappa shape index (κ3) is 5.48. The van der Waals surface area contributed by atoms with Gasteiger partial charge in [0.25, 0.3) is 0 Å². The fourth-order valence-electron chi connectivity index (χ4n) is 5.52. The van der Waals surface area contributed by atoms with Gasteiger partial charge in [-0.05, 0) is 55.8 Å². The normalized spacial score (nSPS) is 17.8. The molecule has 0 bridgehead atoms. The lowest BCUT2D eigenvalue weighted by Gasteiger charge is -2.36. The number of aromatic nitrogens is 4. The Labute approximate surface area is 229 Å². The molecule has 0 unspecified atom stereocenters. The molecule has 5 heterocycles. The summed E-state index contributed by atoms with van der Waals surface area (Å²) in [6.45, 7) is 10.5. The minimum atomic E-state index is 0.393. The highest BCUT2D eigenvalue weighted by atomic mass is 35.5. The number of nitrogens with zero attached hydrogens (tertiary/aromatic N) is 6. The van der Waals surface area contributed by atoms with Crippen molar-refractivity contribution >= 4 is 34.1 Å². The molecule has 0 aliphatic carbocycles. The number of piperidine rings is 1. The molecule has 2 aliphatic heterocycles. The van der Waals surface area contributed by atoms with Gasteiger partial charge >= 0.3 is 0 Å². The summed E-state index contributed by atoms with van der Waals surface area (Å²) in [5, 5.41) is 4.29. The standard InChI is InChI=1S/C29H35ClN8/c1-2-36-13-10-22(11-14-36)33-26-25(30)19-32-29-27(26)34-28(35-29)21-6-8-24(9-7-21)38-17-15-37(16-18-38)20-23-5-3-4-12-31-23/h3-9,12,19,22H,2,10-11,13-18,20H2,1H3,(H2,32,33,34,35). The second kappa shape index (κ2) is 11.3. The number of imidazole rings is 1. The average Bonchev–Trinajstić information content (AvgIpc) is 3.41. The molecular formula is C29H35ClN8. The minimum Gasteiger partial charge on any atom is -0.379 e. The predicted molar refractivity (Wildman–Crippen MR) is 155 cm³/mol. The number of anilines is 2. The van der Waals surface area contributed by atoms with E-state index in [-0.39, 0.29) is 0 Å². The van der Waals surface area contributed by atoms with Gasteiger partial charge in [0, 0.05) is 69.3 Å². The molecule has 0 radical (unpaired) electrons. The molecule has 0 amide bonds. The molecule has 6 rings (SSSR count). The molecule has 2 N–H and O–H groups in total. The number of pyridine rings is 2. The highest BCUT2D eigenvalue weighted by Crippen LogP contribution is 2.32. The maximum atomic E-state index is 6.59. The van der Waals surface area contributed by atoms with Crippen LogP contribution in [0.1, 0.15) is 25.5 Å². The van der Waals surface area contributed by atoms with Gasteiger partial charge in [0.15, 0.2) is 5.65 Å². The van der Waals surface area contributed by atoms with Gasteiger partial charge in [-0.15, -0.1) is 0 Å². The third-order valence-corrected chi connectivity index (χ3v) is 8.13. The summed E-state index contributed by atoms with van der Waals surface area (Å²) in [6, 6.07) is 15.2. The van der Waals surface area contributed by atoms with E-state index in [1.165, 1.54) is 5.69 Å². The van der Waals surface area contributed by atoms with E-state index in [2.05, 4.69) is 78.3 Å². The van der Waals surface area contributed by atoms with Crippen molar-refractivity contribution in [3.05, 3.63) is 65.6 Å². The molecule has 0 spiro atoms. The van der Waals surface area contributed by atoms with Crippen molar-refractivity contribution in [2.75, 3.05) is 56.0 Å². The van der Waals surface area contributed by atoms with Crippen LogP contribution in [0.2, 0.25) is 5.02 Å². The van der Waals surface area contributed by atoms with Crippen LogP contribution < -0.4 is 10.2 Å². The van der Waals surface area contributed by atoms with E-state index in [0.717, 1.165) is 99.1 Å². The molecule has 2 aliphatic rings. The number of hydrogen-bond donors (Lipinski definition) is 2. The van der Waals surface area contributed by atoms with Crippen LogP contribution in [-0.2, 0) is 6.54 Å². The van der Waals surface area contributed by atoms with E-state index in [1.54, 1.807) is 6.20 Å². The molecule has 198 valence electrons. The van der Waals surface area contributed by atoms with Crippen LogP contribution >= 0.6 is 11.6 Å². The molecule has 2 fully saturated rings. The number of aromatic amines is 1. The highest BCUT2D eigenvalue weighted by molar-refractivity contribution is 6.34. The Balaban J connectivity index is 1.12. The Kier molecular flexibility index (Phi) is 7.44. The summed E-state index contributed by atoms with van der Waals surface area (Å²) < 4.78 is 0. The monoisotopic (exact) mass is 530 g/mol. The van der Waals surface area contributed by atoms with Crippen LogP contribution in [0, 0.1) is 0 Å². The van der Waals surface area contributed by atoms with Gasteiger partial charge in [-0.1, -0.05) is 24.6 Å². The largest absolute Gasteiger partial charge is 0.379 e. The molecular weight excluding hydrogens is 496 g/mol. The fraction of sp³-hybridized carbons (Fsp3) is 0.414. The van der Waals surface area contributed by atoms with Crippen LogP contribution in [0.5, 0.6) is 0 Å². The second-order valence-electron chi connectivity index (χ2n) is 10.2. The van der Waals surface area contributed by atoms with Gasteiger partial charge in [-0.2, -0.15) is 0 Å². The lowest BCUT2D eigenvalue weighted by Crippen LogP contribution is -2.46. The highest BCUT2D eigenvalue weighted by Gasteiger charge is 2.22. The Bertz CT molecular complexity index is 1340. The number of halogens is 1. The number of hydrogen-bond acceptors (Lipinski definition) is 7. The molecule has 0 atom stereocenters. The number of nitrogens with one attached hydrogen (secondary N) is 2. The average molecular weight is 531 g/mol. The van der Waals surface area contributed by atoms with Gasteiger partial charge in [0.1, 0.15) is 11.3 Å². The smallest absolute Gasteiger partial charge is 0.159 e. The summed E-state index contributed by atoms with van der Waals surface area (Å²) in [5.74, 6) is 0.811. The van der Waals surface area contributed by atoms with E-state index >= 15 is 0 Å². The molecule has 4 aromatic rings. The molecule has 0 saturated carbocycles. The van der Waals surface area contributed by atoms with Gasteiger partial charge in [-0.3, -0.25) is 9.88 Å². The van der Waals surface area contributed by atoms with Gasteiger partial charge in [0.05, 0.1) is 22.6 Å². The minimum absolute atomic E-state index is 0.393. The summed E-state index contributed by atoms with van der Waals surface area (Å²) >= 11 is 6.59. The van der Waals surface area contributed by atoms with E-state index in [9.17, 15) is 0 Å². The first-order valence-electron chi connectivity index (χ1n) is 13.7. The lowest BCUT2D eigenvalue weighted by atomic mass is 10.0. The number of fused-ring (bicyclic) bond motifs is 1. The van der Waals surface area contributed by atoms with Crippen LogP contribution in [0.3, 0.4) is 0 Å². The first-order chi connectivity index (χ1) is 18.7. The first-order valence-corrected chi connectivity index (χ1v) is 14.0. The predicted octanol–water partition coefficient (Wildman–Crippen LogP) is 4.89. The molecule has 38 heavy (non-hydrogen) atoms. The maximum Gasteiger partial charge on any atom is 0.159 e. The van der Waals surface area contributed by atoms with Gasteiger partial charge in [-0.25, -0.2) is 9.97 Å². The summed E-state index contributed by atoms with van der Waals surface area (Å²) in [4.78, 5) is 24.7. The van der Waals surface area contributed by atoms with E-state index < -0.39 is 0 Å². The van der Waals surface area contributed by atoms with Crippen LogP contribution in [0.15, 0.2) is 54.9 Å². The number of benzene rings is 1. The van der Waals surface area contributed by atoms with Crippen molar-refractivity contribution in [3.63, 3.8) is 0 Å². The second-order valence-corrected chi connectivity index (χ2v) is 10.7.